The Bertz CT molecular complexity index is 835. The number of methoxy groups -OCH3 is 1. The summed E-state index contributed by atoms with van der Waals surface area (Å²) < 4.78 is 11.0. The van der Waals surface area contributed by atoms with E-state index in [-0.39, 0.29) is 24.1 Å². The van der Waals surface area contributed by atoms with Crippen molar-refractivity contribution in [1.82, 2.24) is 5.32 Å². The van der Waals surface area contributed by atoms with Gasteiger partial charge in [-0.25, -0.2) is 0 Å². The molecule has 1 aliphatic rings. The highest BCUT2D eigenvalue weighted by Gasteiger charge is 2.13. The van der Waals surface area contributed by atoms with Crippen LogP contribution in [-0.4, -0.2) is 37.8 Å². The van der Waals surface area contributed by atoms with E-state index >= 15 is 0 Å². The zero-order valence-corrected chi connectivity index (χ0v) is 17.2. The first-order valence-corrected chi connectivity index (χ1v) is 9.43. The molecule has 1 aliphatic heterocycles. The molecule has 0 saturated carbocycles. The summed E-state index contributed by atoms with van der Waals surface area (Å²) in [5.74, 6) is 1.50. The number of halogens is 1. The van der Waals surface area contributed by atoms with Crippen LogP contribution in [0.25, 0.3) is 6.08 Å². The molecule has 2 aromatic carbocycles. The number of nitrogens with one attached hydrogen (secondary N) is 2. The zero-order valence-electron chi connectivity index (χ0n) is 16.4. The predicted molar refractivity (Wildman–Crippen MR) is 117 cm³/mol. The van der Waals surface area contributed by atoms with Gasteiger partial charge in [0.2, 0.25) is 5.91 Å². The molecular weight excluding hydrogens is 392 g/mol. The van der Waals surface area contributed by atoms with E-state index in [4.69, 9.17) is 9.47 Å². The third kappa shape index (κ3) is 7.00. The number of ether oxygens (including phenoxy) is 2. The third-order valence-corrected chi connectivity index (χ3v) is 4.68. The van der Waals surface area contributed by atoms with Gasteiger partial charge in [0.15, 0.2) is 11.5 Å². The lowest BCUT2D eigenvalue weighted by molar-refractivity contribution is -0.111. The number of phenols is 1. The fraction of sp³-hybridized carbons (Fsp3) is 0.318. The molecule has 7 heteroatoms. The Morgan fingerprint density at radius 2 is 2.03 bits per heavy atom. The highest BCUT2D eigenvalue weighted by molar-refractivity contribution is 6.02. The monoisotopic (exact) mass is 418 g/mol. The van der Waals surface area contributed by atoms with E-state index in [1.165, 1.54) is 19.3 Å². The molecule has 1 heterocycles. The molecule has 1 fully saturated rings. The van der Waals surface area contributed by atoms with Gasteiger partial charge in [-0.2, -0.15) is 0 Å². The summed E-state index contributed by atoms with van der Waals surface area (Å²) in [6.45, 7) is 2.79. The summed E-state index contributed by atoms with van der Waals surface area (Å²) in [6, 6.07) is 12.3. The van der Waals surface area contributed by atoms with Crippen molar-refractivity contribution in [2.75, 3.05) is 32.1 Å². The van der Waals surface area contributed by atoms with Gasteiger partial charge in [-0.1, -0.05) is 12.1 Å². The van der Waals surface area contributed by atoms with E-state index in [2.05, 4.69) is 10.6 Å². The normalized spacial score (nSPS) is 14.2. The van der Waals surface area contributed by atoms with Crippen LogP contribution in [-0.2, 0) is 4.79 Å². The maximum atomic E-state index is 12.2. The lowest BCUT2D eigenvalue weighted by Crippen LogP contribution is -2.30. The Kier molecular flexibility index (Phi) is 8.83. The molecule has 29 heavy (non-hydrogen) atoms. The van der Waals surface area contributed by atoms with Crippen LogP contribution < -0.4 is 20.1 Å². The van der Waals surface area contributed by atoms with Crippen molar-refractivity contribution in [3.8, 4) is 17.2 Å². The molecule has 0 aromatic heterocycles. The highest BCUT2D eigenvalue weighted by atomic mass is 35.5. The summed E-state index contributed by atoms with van der Waals surface area (Å²) in [6.07, 6.45) is 5.36. The fourth-order valence-electron chi connectivity index (χ4n) is 3.08. The first-order valence-electron chi connectivity index (χ1n) is 9.43. The quantitative estimate of drug-likeness (QED) is 0.595. The zero-order chi connectivity index (χ0) is 19.8. The number of hydrogen-bond acceptors (Lipinski definition) is 5. The second kappa shape index (κ2) is 11.3. The van der Waals surface area contributed by atoms with Gasteiger partial charge < -0.3 is 25.2 Å². The summed E-state index contributed by atoms with van der Waals surface area (Å²) in [4.78, 5) is 12.2. The van der Waals surface area contributed by atoms with Gasteiger partial charge >= 0.3 is 0 Å². The van der Waals surface area contributed by atoms with Gasteiger partial charge in [0.25, 0.3) is 0 Å². The van der Waals surface area contributed by atoms with Crippen molar-refractivity contribution in [2.24, 2.45) is 5.92 Å². The maximum absolute atomic E-state index is 12.2. The Morgan fingerprint density at radius 1 is 1.24 bits per heavy atom. The number of carbonyl (C=O) groups excluding carboxylic acids is 1. The van der Waals surface area contributed by atoms with Gasteiger partial charge in [0, 0.05) is 17.8 Å². The number of amides is 1. The van der Waals surface area contributed by atoms with Crippen molar-refractivity contribution in [1.29, 1.82) is 0 Å². The predicted octanol–water partition coefficient (Wildman–Crippen LogP) is 3.85. The first-order chi connectivity index (χ1) is 13.6. The summed E-state index contributed by atoms with van der Waals surface area (Å²) in [7, 11) is 1.48. The van der Waals surface area contributed by atoms with Crippen LogP contribution in [0.2, 0.25) is 0 Å². The molecule has 0 aliphatic carbocycles. The number of carbonyl (C=O) groups is 1. The van der Waals surface area contributed by atoms with E-state index in [1.54, 1.807) is 18.2 Å². The van der Waals surface area contributed by atoms with Gasteiger partial charge in [0.1, 0.15) is 5.75 Å². The molecule has 0 atom stereocenters. The number of rotatable bonds is 7. The standard InChI is InChI=1S/C22H26N2O4.ClH/c1-27-21-13-16(5-7-20(21)25)6-8-22(26)24-18-3-2-4-19(14-18)28-15-17-9-11-23-12-10-17;/h2-8,13-14,17,23,25H,9-12,15H2,1H3,(H,24,26);1H/b8-6+;. The molecule has 3 N–H and O–H groups in total. The molecule has 0 spiro atoms. The van der Waals surface area contributed by atoms with Crippen LogP contribution in [0.3, 0.4) is 0 Å². The smallest absolute Gasteiger partial charge is 0.248 e. The van der Waals surface area contributed by atoms with Gasteiger partial charge in [-0.05, 0) is 67.8 Å². The summed E-state index contributed by atoms with van der Waals surface area (Å²) in [5, 5.41) is 15.8. The lowest BCUT2D eigenvalue weighted by atomic mass is 9.99. The van der Waals surface area contributed by atoms with Crippen LogP contribution in [0.5, 0.6) is 17.2 Å². The molecule has 1 saturated heterocycles. The minimum Gasteiger partial charge on any atom is -0.504 e. The van der Waals surface area contributed by atoms with Gasteiger partial charge in [-0.3, -0.25) is 4.79 Å². The third-order valence-electron chi connectivity index (χ3n) is 4.68. The average Bonchev–Trinajstić information content (AvgIpc) is 2.73. The molecule has 2 aromatic rings. The van der Waals surface area contributed by atoms with Crippen LogP contribution >= 0.6 is 12.4 Å². The van der Waals surface area contributed by atoms with E-state index in [9.17, 15) is 9.90 Å². The van der Waals surface area contributed by atoms with E-state index in [0.29, 0.717) is 24.0 Å². The fourth-order valence-corrected chi connectivity index (χ4v) is 3.08. The second-order valence-corrected chi connectivity index (χ2v) is 6.79. The largest absolute Gasteiger partial charge is 0.504 e. The van der Waals surface area contributed by atoms with Crippen molar-refractivity contribution < 1.29 is 19.4 Å². The van der Waals surface area contributed by atoms with Crippen LogP contribution in [0.15, 0.2) is 48.5 Å². The van der Waals surface area contributed by atoms with E-state index < -0.39 is 0 Å². The van der Waals surface area contributed by atoms with Crippen LogP contribution in [0.1, 0.15) is 18.4 Å². The van der Waals surface area contributed by atoms with Crippen molar-refractivity contribution in [3.05, 3.63) is 54.1 Å². The molecule has 3 rings (SSSR count). The van der Waals surface area contributed by atoms with Crippen molar-refractivity contribution >= 4 is 30.1 Å². The minimum atomic E-state index is -0.248. The van der Waals surface area contributed by atoms with E-state index in [0.717, 1.165) is 37.2 Å². The Balaban J connectivity index is 0.00000300. The average molecular weight is 419 g/mol. The number of anilines is 1. The van der Waals surface area contributed by atoms with E-state index in [1.807, 2.05) is 24.3 Å². The Hall–Kier alpha value is -2.70. The van der Waals surface area contributed by atoms with Gasteiger partial charge in [0.05, 0.1) is 13.7 Å². The van der Waals surface area contributed by atoms with Gasteiger partial charge in [-0.15, -0.1) is 12.4 Å². The number of hydrogen-bond donors (Lipinski definition) is 3. The molecular formula is C22H27ClN2O4. The molecule has 0 unspecified atom stereocenters. The number of benzene rings is 2. The molecule has 156 valence electrons. The highest BCUT2D eigenvalue weighted by Crippen LogP contribution is 2.26. The Labute approximate surface area is 177 Å². The first kappa shape index (κ1) is 22.6. The second-order valence-electron chi connectivity index (χ2n) is 6.79. The topological polar surface area (TPSA) is 79.8 Å². The summed E-state index contributed by atoms with van der Waals surface area (Å²) in [5.41, 5.74) is 1.43. The minimum absolute atomic E-state index is 0. The molecule has 6 nitrogen and oxygen atoms in total. The van der Waals surface area contributed by atoms with Crippen LogP contribution in [0.4, 0.5) is 5.69 Å². The number of phenolic OH excluding ortho intramolecular Hbond substituents is 1. The number of piperidine rings is 1. The Morgan fingerprint density at radius 3 is 2.79 bits per heavy atom. The molecule has 1 amide bonds. The maximum Gasteiger partial charge on any atom is 0.248 e. The lowest BCUT2D eigenvalue weighted by Gasteiger charge is -2.22. The van der Waals surface area contributed by atoms with Crippen molar-refractivity contribution in [3.63, 3.8) is 0 Å². The molecule has 0 bridgehead atoms. The summed E-state index contributed by atoms with van der Waals surface area (Å²) >= 11 is 0. The van der Waals surface area contributed by atoms with Crippen LogP contribution in [0, 0.1) is 5.92 Å². The number of aromatic hydroxyl groups is 1. The molecule has 0 radical (unpaired) electrons. The SMILES string of the molecule is COc1cc(/C=C/C(=O)Nc2cccc(OCC3CCNCC3)c2)ccc1O.Cl. The van der Waals surface area contributed by atoms with Crippen molar-refractivity contribution in [2.45, 2.75) is 12.8 Å².